The number of nitrogens with zero attached hydrogens (tertiary/aromatic N) is 2. The first-order valence-corrected chi connectivity index (χ1v) is 12.0. The molecular formula is C26H32ClF3N2O2. The lowest BCUT2D eigenvalue weighted by molar-refractivity contribution is -0.137. The minimum atomic E-state index is -4.36. The van der Waals surface area contributed by atoms with Crippen LogP contribution in [0.4, 0.5) is 13.2 Å². The van der Waals surface area contributed by atoms with Gasteiger partial charge in [0, 0.05) is 44.2 Å². The highest BCUT2D eigenvalue weighted by atomic mass is 35.5. The molecule has 0 radical (unpaired) electrons. The Morgan fingerprint density at radius 2 is 1.62 bits per heavy atom. The third-order valence-electron chi connectivity index (χ3n) is 6.06. The third kappa shape index (κ3) is 8.00. The fraction of sp³-hybridized carbons (Fsp3) is 0.500. The van der Waals surface area contributed by atoms with Gasteiger partial charge in [0.15, 0.2) is 0 Å². The Balaban J connectivity index is 1.60. The molecule has 1 atom stereocenters. The molecule has 1 fully saturated rings. The van der Waals surface area contributed by atoms with Gasteiger partial charge in [0.2, 0.25) is 5.91 Å². The zero-order valence-electron chi connectivity index (χ0n) is 19.7. The quantitative estimate of drug-likeness (QED) is 0.414. The van der Waals surface area contributed by atoms with E-state index in [9.17, 15) is 18.0 Å². The first-order chi connectivity index (χ1) is 16.1. The molecule has 0 aromatic heterocycles. The molecule has 0 spiro atoms. The summed E-state index contributed by atoms with van der Waals surface area (Å²) in [7, 11) is 0. The van der Waals surface area contributed by atoms with Gasteiger partial charge in [-0.3, -0.25) is 9.69 Å². The molecule has 34 heavy (non-hydrogen) atoms. The molecule has 1 aliphatic heterocycles. The van der Waals surface area contributed by atoms with Crippen LogP contribution in [0.5, 0.6) is 0 Å². The largest absolute Gasteiger partial charge is 0.416 e. The summed E-state index contributed by atoms with van der Waals surface area (Å²) in [4.78, 5) is 16.6. The molecule has 1 aliphatic rings. The van der Waals surface area contributed by atoms with Crippen LogP contribution < -0.4 is 0 Å². The van der Waals surface area contributed by atoms with Crippen molar-refractivity contribution in [3.05, 3.63) is 70.2 Å². The van der Waals surface area contributed by atoms with Crippen molar-refractivity contribution in [2.75, 3.05) is 32.7 Å². The van der Waals surface area contributed by atoms with Gasteiger partial charge in [-0.15, -0.1) is 0 Å². The molecule has 3 rings (SSSR count). The highest BCUT2D eigenvalue weighted by Crippen LogP contribution is 2.30. The van der Waals surface area contributed by atoms with Crippen LogP contribution >= 0.6 is 11.6 Å². The summed E-state index contributed by atoms with van der Waals surface area (Å²) in [5.74, 6) is 0.716. The van der Waals surface area contributed by atoms with Gasteiger partial charge in [0.1, 0.15) is 0 Å². The molecule has 1 saturated heterocycles. The molecular weight excluding hydrogens is 465 g/mol. The molecule has 0 aliphatic carbocycles. The number of hydrogen-bond acceptors (Lipinski definition) is 3. The fourth-order valence-electron chi connectivity index (χ4n) is 3.90. The number of hydrogen-bond donors (Lipinski definition) is 0. The zero-order chi connectivity index (χ0) is 24.7. The van der Waals surface area contributed by atoms with Crippen molar-refractivity contribution >= 4 is 17.5 Å². The molecule has 2 aromatic rings. The lowest BCUT2D eigenvalue weighted by Gasteiger charge is -2.36. The molecule has 0 bridgehead atoms. The monoisotopic (exact) mass is 496 g/mol. The molecule has 0 unspecified atom stereocenters. The second-order valence-corrected chi connectivity index (χ2v) is 9.60. The van der Waals surface area contributed by atoms with Gasteiger partial charge in [-0.25, -0.2) is 0 Å². The Labute approximate surface area is 204 Å². The molecule has 186 valence electrons. The summed E-state index contributed by atoms with van der Waals surface area (Å²) in [6.07, 6.45) is -3.15. The van der Waals surface area contributed by atoms with E-state index in [1.165, 1.54) is 12.1 Å². The van der Waals surface area contributed by atoms with Gasteiger partial charge < -0.3 is 9.64 Å². The van der Waals surface area contributed by atoms with Crippen LogP contribution in [0.25, 0.3) is 0 Å². The number of rotatable bonds is 9. The maximum atomic E-state index is 12.8. The summed E-state index contributed by atoms with van der Waals surface area (Å²) in [5.41, 5.74) is 0.950. The average molecular weight is 497 g/mol. The van der Waals surface area contributed by atoms with Crippen LogP contribution in [-0.2, 0) is 22.3 Å². The smallest absolute Gasteiger partial charge is 0.368 e. The summed E-state index contributed by atoms with van der Waals surface area (Å²) in [6.45, 7) is 7.92. The Bertz CT molecular complexity index is 909. The predicted octanol–water partition coefficient (Wildman–Crippen LogP) is 6.20. The summed E-state index contributed by atoms with van der Waals surface area (Å²) >= 11 is 6.04. The maximum absolute atomic E-state index is 12.8. The zero-order valence-corrected chi connectivity index (χ0v) is 20.4. The SMILES string of the molecule is CC(C)CCC(=O)N1CCN(C[C@@H](OCc2ccc(C(F)(F)F)cc2)c2ccc(Cl)cc2)CC1. The average Bonchev–Trinajstić information content (AvgIpc) is 2.81. The highest BCUT2D eigenvalue weighted by Gasteiger charge is 2.30. The number of amides is 1. The van der Waals surface area contributed by atoms with Crippen molar-refractivity contribution in [3.8, 4) is 0 Å². The first kappa shape index (κ1) is 26.5. The first-order valence-electron chi connectivity index (χ1n) is 11.6. The Morgan fingerprint density at radius 3 is 2.18 bits per heavy atom. The van der Waals surface area contributed by atoms with E-state index in [2.05, 4.69) is 18.7 Å². The van der Waals surface area contributed by atoms with Gasteiger partial charge >= 0.3 is 6.18 Å². The lowest BCUT2D eigenvalue weighted by atomic mass is 10.1. The molecule has 8 heteroatoms. The van der Waals surface area contributed by atoms with E-state index in [1.54, 1.807) is 12.1 Å². The molecule has 0 N–H and O–H groups in total. The van der Waals surface area contributed by atoms with Crippen LogP contribution in [-0.4, -0.2) is 48.4 Å². The minimum absolute atomic E-state index is 0.194. The maximum Gasteiger partial charge on any atom is 0.416 e. The Morgan fingerprint density at radius 1 is 1.00 bits per heavy atom. The number of carbonyl (C=O) groups is 1. The van der Waals surface area contributed by atoms with Gasteiger partial charge in [-0.1, -0.05) is 49.7 Å². The van der Waals surface area contributed by atoms with Crippen molar-refractivity contribution in [2.24, 2.45) is 5.92 Å². The van der Waals surface area contributed by atoms with E-state index in [-0.39, 0.29) is 18.6 Å². The normalized spacial score (nSPS) is 16.1. The van der Waals surface area contributed by atoms with Crippen LogP contribution in [0.1, 0.15) is 49.5 Å². The molecule has 4 nitrogen and oxygen atoms in total. The molecule has 1 amide bonds. The topological polar surface area (TPSA) is 32.8 Å². The third-order valence-corrected chi connectivity index (χ3v) is 6.31. The van der Waals surface area contributed by atoms with Gasteiger partial charge in [0.25, 0.3) is 0 Å². The molecule has 2 aromatic carbocycles. The van der Waals surface area contributed by atoms with Crippen LogP contribution in [0.2, 0.25) is 5.02 Å². The predicted molar refractivity (Wildman–Crippen MR) is 128 cm³/mol. The van der Waals surface area contributed by atoms with Crippen molar-refractivity contribution in [3.63, 3.8) is 0 Å². The molecule has 0 saturated carbocycles. The van der Waals surface area contributed by atoms with Crippen molar-refractivity contribution in [2.45, 2.75) is 45.6 Å². The van der Waals surface area contributed by atoms with E-state index in [0.29, 0.717) is 42.6 Å². The van der Waals surface area contributed by atoms with Crippen LogP contribution in [0, 0.1) is 5.92 Å². The van der Waals surface area contributed by atoms with Crippen molar-refractivity contribution in [1.29, 1.82) is 0 Å². The summed E-state index contributed by atoms with van der Waals surface area (Å²) in [5, 5.41) is 0.624. The number of alkyl halides is 3. The van der Waals surface area contributed by atoms with E-state index in [4.69, 9.17) is 16.3 Å². The van der Waals surface area contributed by atoms with Crippen molar-refractivity contribution in [1.82, 2.24) is 9.80 Å². The van der Waals surface area contributed by atoms with E-state index in [0.717, 1.165) is 37.2 Å². The standard InChI is InChI=1S/C26H32ClF3N2O2/c1-19(2)3-12-25(33)32-15-13-31(14-16-32)17-24(21-6-10-23(27)11-7-21)34-18-20-4-8-22(9-5-20)26(28,29)30/h4-11,19,24H,3,12-18H2,1-2H3/t24-/m1/s1. The van der Waals surface area contributed by atoms with E-state index < -0.39 is 11.7 Å². The summed E-state index contributed by atoms with van der Waals surface area (Å²) < 4.78 is 44.7. The van der Waals surface area contributed by atoms with Crippen LogP contribution in [0.3, 0.4) is 0 Å². The number of halogens is 4. The Kier molecular flexibility index (Phi) is 9.39. The molecule has 1 heterocycles. The van der Waals surface area contributed by atoms with Gasteiger partial charge in [0.05, 0.1) is 18.3 Å². The lowest BCUT2D eigenvalue weighted by Crippen LogP contribution is -2.49. The highest BCUT2D eigenvalue weighted by molar-refractivity contribution is 6.30. The number of piperazine rings is 1. The second-order valence-electron chi connectivity index (χ2n) is 9.16. The number of benzene rings is 2. The van der Waals surface area contributed by atoms with E-state index >= 15 is 0 Å². The van der Waals surface area contributed by atoms with Crippen LogP contribution in [0.15, 0.2) is 48.5 Å². The fourth-order valence-corrected chi connectivity index (χ4v) is 4.03. The van der Waals surface area contributed by atoms with Gasteiger partial charge in [-0.05, 0) is 47.7 Å². The second kappa shape index (κ2) is 12.0. The number of ether oxygens (including phenoxy) is 1. The minimum Gasteiger partial charge on any atom is -0.368 e. The van der Waals surface area contributed by atoms with Gasteiger partial charge in [-0.2, -0.15) is 13.2 Å². The van der Waals surface area contributed by atoms with Crippen molar-refractivity contribution < 1.29 is 22.7 Å². The number of carbonyl (C=O) groups excluding carboxylic acids is 1. The Hall–Kier alpha value is -2.09. The van der Waals surface area contributed by atoms with E-state index in [1.807, 2.05) is 17.0 Å². The summed E-state index contributed by atoms with van der Waals surface area (Å²) in [6, 6.07) is 12.5.